The fourth-order valence-corrected chi connectivity index (χ4v) is 2.00. The van der Waals surface area contributed by atoms with Crippen LogP contribution in [0.1, 0.15) is 5.82 Å². The van der Waals surface area contributed by atoms with Crippen molar-refractivity contribution in [2.45, 2.75) is 6.54 Å². The summed E-state index contributed by atoms with van der Waals surface area (Å²) >= 11 is 4.71. The van der Waals surface area contributed by atoms with Gasteiger partial charge >= 0.3 is 0 Å². The molecule has 0 fully saturated rings. The molecule has 0 aliphatic carbocycles. The molecular weight excluding hydrogens is 266 g/mol. The summed E-state index contributed by atoms with van der Waals surface area (Å²) in [6.45, 7) is 0.658. The maximum absolute atomic E-state index is 4.18. The van der Waals surface area contributed by atoms with Crippen molar-refractivity contribution >= 4 is 32.4 Å². The molecule has 14 heavy (non-hydrogen) atoms. The molecule has 0 bridgehead atoms. The normalized spacial score (nSPS) is 10.4. The maximum Gasteiger partial charge on any atom is 0.206 e. The second kappa shape index (κ2) is 4.05. The predicted octanol–water partition coefficient (Wildman–Crippen LogP) is 1.65. The van der Waals surface area contributed by atoms with Crippen LogP contribution in [0, 0.1) is 0 Å². The van der Waals surface area contributed by atoms with Gasteiger partial charge in [-0.3, -0.25) is 0 Å². The van der Waals surface area contributed by atoms with Gasteiger partial charge in [0.1, 0.15) is 5.82 Å². The van der Waals surface area contributed by atoms with Crippen LogP contribution in [-0.2, 0) is 13.6 Å². The van der Waals surface area contributed by atoms with Crippen molar-refractivity contribution in [2.75, 3.05) is 5.32 Å². The van der Waals surface area contributed by atoms with E-state index in [1.165, 1.54) is 11.3 Å². The van der Waals surface area contributed by atoms with Crippen molar-refractivity contribution in [3.05, 3.63) is 22.1 Å². The van der Waals surface area contributed by atoms with Crippen LogP contribution in [0.4, 0.5) is 5.13 Å². The van der Waals surface area contributed by atoms with Crippen LogP contribution in [0.15, 0.2) is 16.3 Å². The lowest BCUT2D eigenvalue weighted by Gasteiger charge is -2.01. The molecule has 1 N–H and O–H groups in total. The Bertz CT molecular complexity index is 423. The number of nitrogens with zero attached hydrogens (tertiary/aromatic N) is 4. The van der Waals surface area contributed by atoms with Gasteiger partial charge in [-0.05, 0) is 15.9 Å². The molecule has 0 radical (unpaired) electrons. The molecule has 0 unspecified atom stereocenters. The summed E-state index contributed by atoms with van der Waals surface area (Å²) in [5, 5.41) is 11.7. The zero-order valence-electron chi connectivity index (χ0n) is 7.44. The summed E-state index contributed by atoms with van der Waals surface area (Å²) in [5.74, 6) is 0.969. The third kappa shape index (κ3) is 2.10. The molecule has 0 aromatic carbocycles. The molecule has 0 aliphatic rings. The standard InChI is InChI=1S/C7H8BrN5S/c1-13-3-2-9-5(13)4-10-7-12-11-6(8)14-7/h2-3H,4H2,1H3,(H,10,12). The second-order valence-electron chi connectivity index (χ2n) is 2.67. The molecule has 0 aliphatic heterocycles. The Morgan fingerprint density at radius 2 is 2.43 bits per heavy atom. The van der Waals surface area contributed by atoms with E-state index < -0.39 is 0 Å². The van der Waals surface area contributed by atoms with Gasteiger partial charge in [-0.15, -0.1) is 10.2 Å². The molecule has 2 heterocycles. The molecule has 0 saturated heterocycles. The third-order valence-electron chi connectivity index (χ3n) is 1.72. The van der Waals surface area contributed by atoms with E-state index in [4.69, 9.17) is 0 Å². The molecule has 2 aromatic rings. The predicted molar refractivity (Wildman–Crippen MR) is 58.1 cm³/mol. The molecule has 74 valence electrons. The van der Waals surface area contributed by atoms with Crippen molar-refractivity contribution in [1.29, 1.82) is 0 Å². The van der Waals surface area contributed by atoms with E-state index in [2.05, 4.69) is 36.4 Å². The average molecular weight is 274 g/mol. The number of rotatable bonds is 3. The molecular formula is C7H8BrN5S. The Hall–Kier alpha value is -0.950. The molecule has 0 amide bonds. The van der Waals surface area contributed by atoms with Gasteiger partial charge in [0, 0.05) is 19.4 Å². The molecule has 5 nitrogen and oxygen atoms in total. The van der Waals surface area contributed by atoms with Gasteiger partial charge in [-0.25, -0.2) is 4.98 Å². The summed E-state index contributed by atoms with van der Waals surface area (Å²) in [6, 6.07) is 0. The van der Waals surface area contributed by atoms with Gasteiger partial charge in [0.15, 0.2) is 3.92 Å². The zero-order valence-corrected chi connectivity index (χ0v) is 9.84. The van der Waals surface area contributed by atoms with Crippen LogP contribution >= 0.6 is 27.3 Å². The quantitative estimate of drug-likeness (QED) is 0.924. The van der Waals surface area contributed by atoms with Crippen LogP contribution in [0.5, 0.6) is 0 Å². The largest absolute Gasteiger partial charge is 0.353 e. The molecule has 0 saturated carbocycles. The van der Waals surface area contributed by atoms with Crippen LogP contribution in [0.25, 0.3) is 0 Å². The van der Waals surface area contributed by atoms with E-state index in [0.717, 1.165) is 14.9 Å². The number of imidazole rings is 1. The highest BCUT2D eigenvalue weighted by molar-refractivity contribution is 9.11. The van der Waals surface area contributed by atoms with E-state index in [9.17, 15) is 0 Å². The van der Waals surface area contributed by atoms with E-state index in [1.807, 2.05) is 17.8 Å². The Morgan fingerprint density at radius 3 is 3.00 bits per heavy atom. The van der Waals surface area contributed by atoms with E-state index in [1.54, 1.807) is 6.20 Å². The minimum Gasteiger partial charge on any atom is -0.353 e. The van der Waals surface area contributed by atoms with E-state index >= 15 is 0 Å². The van der Waals surface area contributed by atoms with Crippen LogP contribution < -0.4 is 5.32 Å². The first-order chi connectivity index (χ1) is 6.75. The van der Waals surface area contributed by atoms with Crippen molar-refractivity contribution < 1.29 is 0 Å². The number of aromatic nitrogens is 4. The minimum atomic E-state index is 0.658. The average Bonchev–Trinajstić information content (AvgIpc) is 2.72. The highest BCUT2D eigenvalue weighted by Crippen LogP contribution is 2.20. The Kier molecular flexibility index (Phi) is 2.78. The first-order valence-electron chi connectivity index (χ1n) is 3.95. The molecule has 0 atom stereocenters. The Morgan fingerprint density at radius 1 is 1.57 bits per heavy atom. The zero-order chi connectivity index (χ0) is 9.97. The first kappa shape index (κ1) is 9.60. The number of hydrogen-bond acceptors (Lipinski definition) is 5. The lowest BCUT2D eigenvalue weighted by molar-refractivity contribution is 0.811. The van der Waals surface area contributed by atoms with Gasteiger partial charge in [0.2, 0.25) is 5.13 Å². The number of aryl methyl sites for hydroxylation is 1. The summed E-state index contributed by atoms with van der Waals surface area (Å²) in [4.78, 5) is 4.18. The van der Waals surface area contributed by atoms with Gasteiger partial charge < -0.3 is 9.88 Å². The topological polar surface area (TPSA) is 55.6 Å². The number of halogens is 1. The van der Waals surface area contributed by atoms with Crippen molar-refractivity contribution in [3.63, 3.8) is 0 Å². The second-order valence-corrected chi connectivity index (χ2v) is 4.92. The molecule has 2 rings (SSSR count). The smallest absolute Gasteiger partial charge is 0.206 e. The lowest BCUT2D eigenvalue weighted by atomic mass is 10.6. The number of hydrogen-bond donors (Lipinski definition) is 1. The van der Waals surface area contributed by atoms with Crippen LogP contribution in [0.2, 0.25) is 0 Å². The Balaban J connectivity index is 1.98. The van der Waals surface area contributed by atoms with Crippen molar-refractivity contribution in [1.82, 2.24) is 19.7 Å². The fraction of sp³-hybridized carbons (Fsp3) is 0.286. The highest BCUT2D eigenvalue weighted by Gasteiger charge is 2.02. The third-order valence-corrected chi connectivity index (χ3v) is 3.03. The summed E-state index contributed by atoms with van der Waals surface area (Å²) in [5.41, 5.74) is 0. The highest BCUT2D eigenvalue weighted by atomic mass is 79.9. The molecule has 7 heteroatoms. The van der Waals surface area contributed by atoms with E-state index in [-0.39, 0.29) is 0 Å². The summed E-state index contributed by atoms with van der Waals surface area (Å²) < 4.78 is 2.74. The molecule has 0 spiro atoms. The number of anilines is 1. The SMILES string of the molecule is Cn1ccnc1CNc1nnc(Br)s1. The van der Waals surface area contributed by atoms with Crippen LogP contribution in [0.3, 0.4) is 0 Å². The summed E-state index contributed by atoms with van der Waals surface area (Å²) in [6.07, 6.45) is 3.68. The van der Waals surface area contributed by atoms with Crippen molar-refractivity contribution in [3.8, 4) is 0 Å². The van der Waals surface area contributed by atoms with Gasteiger partial charge in [-0.1, -0.05) is 11.3 Å². The van der Waals surface area contributed by atoms with E-state index in [0.29, 0.717) is 6.54 Å². The van der Waals surface area contributed by atoms with Crippen LogP contribution in [-0.4, -0.2) is 19.7 Å². The monoisotopic (exact) mass is 273 g/mol. The minimum absolute atomic E-state index is 0.658. The first-order valence-corrected chi connectivity index (χ1v) is 5.56. The fourth-order valence-electron chi connectivity index (χ4n) is 0.998. The summed E-state index contributed by atoms with van der Waals surface area (Å²) in [7, 11) is 1.96. The lowest BCUT2D eigenvalue weighted by Crippen LogP contribution is -2.05. The Labute approximate surface area is 93.3 Å². The van der Waals surface area contributed by atoms with Gasteiger partial charge in [0.05, 0.1) is 6.54 Å². The van der Waals surface area contributed by atoms with Gasteiger partial charge in [-0.2, -0.15) is 0 Å². The molecule has 2 aromatic heterocycles. The van der Waals surface area contributed by atoms with Crippen molar-refractivity contribution in [2.24, 2.45) is 7.05 Å². The maximum atomic E-state index is 4.18. The number of nitrogens with one attached hydrogen (secondary N) is 1. The van der Waals surface area contributed by atoms with Gasteiger partial charge in [0.25, 0.3) is 0 Å².